The molecule has 2 amide bonds. The second-order valence-electron chi connectivity index (χ2n) is 6.38. The third kappa shape index (κ3) is 4.41. The van der Waals surface area contributed by atoms with Crippen molar-refractivity contribution in [3.63, 3.8) is 0 Å². The van der Waals surface area contributed by atoms with E-state index in [-0.39, 0.29) is 27.4 Å². The molecule has 1 N–H and O–H groups in total. The molecule has 0 heterocycles. The zero-order valence-electron chi connectivity index (χ0n) is 15.5. The summed E-state index contributed by atoms with van der Waals surface area (Å²) in [5.74, 6) is -2.79. The molecule has 0 aromatic heterocycles. The highest BCUT2D eigenvalue weighted by Crippen LogP contribution is 2.32. The summed E-state index contributed by atoms with van der Waals surface area (Å²) in [7, 11) is 0. The average Bonchev–Trinajstić information content (AvgIpc) is 2.69. The molecule has 3 aromatic carbocycles. The summed E-state index contributed by atoms with van der Waals surface area (Å²) in [6.45, 7) is 1.86. The number of hydrogen-bond donors (Lipinski definition) is 1. The van der Waals surface area contributed by atoms with Crippen LogP contribution in [0.15, 0.2) is 65.1 Å². The van der Waals surface area contributed by atoms with Crippen LogP contribution in [0, 0.1) is 6.92 Å². The molecule has 0 bridgehead atoms. The van der Waals surface area contributed by atoms with Gasteiger partial charge in [-0.05, 0) is 70.9 Å². The van der Waals surface area contributed by atoms with Crippen molar-refractivity contribution in [1.82, 2.24) is 0 Å². The Morgan fingerprint density at radius 1 is 0.867 bits per heavy atom. The van der Waals surface area contributed by atoms with Crippen LogP contribution in [0.2, 0.25) is 10.0 Å². The van der Waals surface area contributed by atoms with Crippen molar-refractivity contribution >= 4 is 62.6 Å². The summed E-state index contributed by atoms with van der Waals surface area (Å²) < 4.78 is 0.488. The Hall–Kier alpha value is -2.67. The van der Waals surface area contributed by atoms with Crippen molar-refractivity contribution in [2.45, 2.75) is 6.92 Å². The highest BCUT2D eigenvalue weighted by atomic mass is 79.9. The lowest BCUT2D eigenvalue weighted by molar-refractivity contribution is 0.0690. The van der Waals surface area contributed by atoms with Gasteiger partial charge in [-0.25, -0.2) is 9.69 Å². The molecule has 0 fully saturated rings. The summed E-state index contributed by atoms with van der Waals surface area (Å²) in [6.07, 6.45) is 0. The fourth-order valence-electron chi connectivity index (χ4n) is 2.86. The average molecular weight is 507 g/mol. The van der Waals surface area contributed by atoms with Crippen LogP contribution < -0.4 is 4.90 Å². The lowest BCUT2D eigenvalue weighted by atomic mass is 10.0. The molecule has 0 aliphatic carbocycles. The van der Waals surface area contributed by atoms with E-state index in [0.717, 1.165) is 10.5 Å². The molecule has 0 saturated heterocycles. The molecular formula is C22H14BrCl2NO4. The molecule has 3 aromatic rings. The summed E-state index contributed by atoms with van der Waals surface area (Å²) in [5, 5.41) is 9.89. The largest absolute Gasteiger partial charge is 0.478 e. The number of aryl methyl sites for hydroxylation is 1. The highest BCUT2D eigenvalue weighted by Gasteiger charge is 2.31. The quantitative estimate of drug-likeness (QED) is 0.424. The number of halogens is 3. The molecule has 0 aliphatic heterocycles. The van der Waals surface area contributed by atoms with Gasteiger partial charge in [-0.15, -0.1) is 0 Å². The first-order valence-electron chi connectivity index (χ1n) is 8.63. The van der Waals surface area contributed by atoms with E-state index in [1.54, 1.807) is 18.2 Å². The summed E-state index contributed by atoms with van der Waals surface area (Å²) in [6, 6.07) is 15.1. The number of carboxylic acid groups (broad SMARTS) is 1. The number of anilines is 1. The zero-order chi connectivity index (χ0) is 22.0. The zero-order valence-corrected chi connectivity index (χ0v) is 18.6. The van der Waals surface area contributed by atoms with E-state index >= 15 is 0 Å². The summed E-state index contributed by atoms with van der Waals surface area (Å²) in [5.41, 5.74) is 0.860. The van der Waals surface area contributed by atoms with Gasteiger partial charge < -0.3 is 5.11 Å². The Labute approximate surface area is 191 Å². The Morgan fingerprint density at radius 3 is 2.10 bits per heavy atom. The molecule has 152 valence electrons. The number of benzene rings is 3. The Bertz CT molecular complexity index is 1180. The lowest BCUT2D eigenvalue weighted by Gasteiger charge is -2.24. The van der Waals surface area contributed by atoms with E-state index in [9.17, 15) is 19.5 Å². The molecule has 0 radical (unpaired) electrons. The van der Waals surface area contributed by atoms with Crippen LogP contribution >= 0.6 is 39.1 Å². The number of imide groups is 1. The number of carbonyl (C=O) groups excluding carboxylic acids is 2. The summed E-state index contributed by atoms with van der Waals surface area (Å²) >= 11 is 15.5. The first-order chi connectivity index (χ1) is 14.2. The van der Waals surface area contributed by atoms with Crippen molar-refractivity contribution in [2.24, 2.45) is 0 Å². The predicted molar refractivity (Wildman–Crippen MR) is 120 cm³/mol. The van der Waals surface area contributed by atoms with Crippen molar-refractivity contribution in [3.05, 3.63) is 97.4 Å². The molecule has 0 spiro atoms. The van der Waals surface area contributed by atoms with Gasteiger partial charge in [0, 0.05) is 9.50 Å². The smallest absolute Gasteiger partial charge is 0.336 e. The molecule has 30 heavy (non-hydrogen) atoms. The molecule has 3 rings (SSSR count). The van der Waals surface area contributed by atoms with E-state index in [4.69, 9.17) is 23.2 Å². The van der Waals surface area contributed by atoms with Gasteiger partial charge in [-0.1, -0.05) is 41.4 Å². The standard InChI is InChI=1S/C22H14BrCl2NO4/c1-12-6-9-19(17(23)10-12)26(21(28)16-8-7-13(24)11-18(16)25)20(27)14-4-2-3-5-15(14)22(29)30/h2-11H,1H3,(H,29,30). The number of amides is 2. The van der Waals surface area contributed by atoms with Gasteiger partial charge in [0.2, 0.25) is 0 Å². The molecule has 0 unspecified atom stereocenters. The van der Waals surface area contributed by atoms with Gasteiger partial charge in [0.25, 0.3) is 11.8 Å². The molecule has 5 nitrogen and oxygen atoms in total. The minimum Gasteiger partial charge on any atom is -0.478 e. The maximum atomic E-state index is 13.5. The molecule has 0 atom stereocenters. The predicted octanol–water partition coefficient (Wildman–Crippen LogP) is 6.25. The topological polar surface area (TPSA) is 74.7 Å². The minimum atomic E-state index is -1.28. The highest BCUT2D eigenvalue weighted by molar-refractivity contribution is 9.10. The number of hydrogen-bond acceptors (Lipinski definition) is 3. The van der Waals surface area contributed by atoms with Crippen LogP contribution in [0.4, 0.5) is 5.69 Å². The van der Waals surface area contributed by atoms with Gasteiger partial charge in [-0.3, -0.25) is 9.59 Å². The van der Waals surface area contributed by atoms with Gasteiger partial charge in [0.1, 0.15) is 0 Å². The van der Waals surface area contributed by atoms with Crippen LogP contribution in [-0.2, 0) is 0 Å². The fraction of sp³-hybridized carbons (Fsp3) is 0.0455. The van der Waals surface area contributed by atoms with Crippen LogP contribution in [0.3, 0.4) is 0 Å². The van der Waals surface area contributed by atoms with Crippen LogP contribution in [0.1, 0.15) is 36.6 Å². The van der Waals surface area contributed by atoms with Gasteiger partial charge in [0.05, 0.1) is 27.4 Å². The minimum absolute atomic E-state index is 0.0506. The van der Waals surface area contributed by atoms with Crippen molar-refractivity contribution < 1.29 is 19.5 Å². The third-order valence-corrected chi connectivity index (χ3v) is 5.48. The van der Waals surface area contributed by atoms with Crippen LogP contribution in [-0.4, -0.2) is 22.9 Å². The number of aromatic carboxylic acids is 1. The van der Waals surface area contributed by atoms with Crippen molar-refractivity contribution in [2.75, 3.05) is 4.90 Å². The van der Waals surface area contributed by atoms with Gasteiger partial charge >= 0.3 is 5.97 Å². The maximum absolute atomic E-state index is 13.5. The SMILES string of the molecule is Cc1ccc(N(C(=O)c2ccc(Cl)cc2Cl)C(=O)c2ccccc2C(=O)O)c(Br)c1. The van der Waals surface area contributed by atoms with E-state index in [1.165, 1.54) is 42.5 Å². The second-order valence-corrected chi connectivity index (χ2v) is 8.07. The molecule has 8 heteroatoms. The van der Waals surface area contributed by atoms with Crippen LogP contribution in [0.25, 0.3) is 0 Å². The van der Waals surface area contributed by atoms with E-state index in [2.05, 4.69) is 15.9 Å². The van der Waals surface area contributed by atoms with E-state index < -0.39 is 17.8 Å². The first kappa shape index (κ1) is 22.0. The first-order valence-corrected chi connectivity index (χ1v) is 10.2. The number of rotatable bonds is 4. The Kier molecular flexibility index (Phi) is 6.61. The van der Waals surface area contributed by atoms with Crippen molar-refractivity contribution in [1.29, 1.82) is 0 Å². The van der Waals surface area contributed by atoms with Gasteiger partial charge in [0.15, 0.2) is 0 Å². The molecular weight excluding hydrogens is 493 g/mol. The Balaban J connectivity index is 2.21. The fourth-order valence-corrected chi connectivity index (χ4v) is 4.02. The van der Waals surface area contributed by atoms with E-state index in [1.807, 2.05) is 6.92 Å². The van der Waals surface area contributed by atoms with Gasteiger partial charge in [-0.2, -0.15) is 0 Å². The van der Waals surface area contributed by atoms with Crippen molar-refractivity contribution in [3.8, 4) is 0 Å². The second kappa shape index (κ2) is 9.00. The number of carbonyl (C=O) groups is 3. The molecule has 0 saturated carbocycles. The summed E-state index contributed by atoms with van der Waals surface area (Å²) in [4.78, 5) is 39.4. The third-order valence-electron chi connectivity index (χ3n) is 4.30. The molecule has 0 aliphatic rings. The van der Waals surface area contributed by atoms with E-state index in [0.29, 0.717) is 9.50 Å². The Morgan fingerprint density at radius 2 is 1.50 bits per heavy atom. The number of carboxylic acids is 1. The lowest BCUT2D eigenvalue weighted by Crippen LogP contribution is -2.38. The maximum Gasteiger partial charge on any atom is 0.336 e. The monoisotopic (exact) mass is 505 g/mol. The normalized spacial score (nSPS) is 10.5. The number of nitrogens with zero attached hydrogens (tertiary/aromatic N) is 1. The van der Waals surface area contributed by atoms with Crippen LogP contribution in [0.5, 0.6) is 0 Å².